The first kappa shape index (κ1) is 16.3. The summed E-state index contributed by atoms with van der Waals surface area (Å²) in [5.41, 5.74) is 5.44. The summed E-state index contributed by atoms with van der Waals surface area (Å²) in [6.45, 7) is 0. The van der Waals surface area contributed by atoms with Crippen LogP contribution < -0.4 is 4.90 Å². The number of amides is 2. The van der Waals surface area contributed by atoms with E-state index in [1.807, 2.05) is 48.5 Å². The molecule has 3 nitrogen and oxygen atoms in total. The smallest absolute Gasteiger partial charge is 0.238 e. The summed E-state index contributed by atoms with van der Waals surface area (Å²) in [5, 5.41) is 0. The van der Waals surface area contributed by atoms with E-state index in [0.29, 0.717) is 5.69 Å². The molecular formula is C24H16BrNO2. The third kappa shape index (κ3) is 1.93. The van der Waals surface area contributed by atoms with Crippen LogP contribution in [0.3, 0.4) is 0 Å². The lowest BCUT2D eigenvalue weighted by Crippen LogP contribution is -2.41. The van der Waals surface area contributed by atoms with Crippen molar-refractivity contribution in [2.45, 2.75) is 11.8 Å². The van der Waals surface area contributed by atoms with E-state index in [2.05, 4.69) is 40.2 Å². The molecule has 4 heteroatoms. The van der Waals surface area contributed by atoms with E-state index >= 15 is 0 Å². The number of hydrogen-bond donors (Lipinski definition) is 0. The second kappa shape index (κ2) is 5.65. The molecule has 28 heavy (non-hydrogen) atoms. The molecule has 7 rings (SSSR count). The highest BCUT2D eigenvalue weighted by Crippen LogP contribution is 2.61. The van der Waals surface area contributed by atoms with Crippen LogP contribution in [0.5, 0.6) is 0 Å². The summed E-state index contributed by atoms with van der Waals surface area (Å²) in [4.78, 5) is 28.5. The van der Waals surface area contributed by atoms with Crippen LogP contribution >= 0.6 is 15.9 Å². The van der Waals surface area contributed by atoms with Gasteiger partial charge >= 0.3 is 0 Å². The maximum atomic E-state index is 13.6. The first-order valence-electron chi connectivity index (χ1n) is 9.48. The number of imide groups is 1. The maximum absolute atomic E-state index is 13.6. The van der Waals surface area contributed by atoms with Gasteiger partial charge in [-0.2, -0.15) is 0 Å². The van der Waals surface area contributed by atoms with Crippen LogP contribution in [0.25, 0.3) is 0 Å². The summed E-state index contributed by atoms with van der Waals surface area (Å²) in [5.74, 6) is -0.936. The molecule has 1 saturated heterocycles. The average molecular weight is 430 g/mol. The van der Waals surface area contributed by atoms with Gasteiger partial charge in [-0.1, -0.05) is 70.5 Å². The van der Waals surface area contributed by atoms with Crippen LogP contribution in [0.1, 0.15) is 34.1 Å². The fourth-order valence-electron chi connectivity index (χ4n) is 5.55. The van der Waals surface area contributed by atoms with Crippen molar-refractivity contribution in [3.05, 3.63) is 99.5 Å². The summed E-state index contributed by atoms with van der Waals surface area (Å²) in [6.07, 6.45) is 0. The SMILES string of the molecule is O=C1[C@@H]2C3c4ccccc4C(c4ccccc43)[C@@H]2C(=O)N1c1cccc(Br)c1. The molecule has 1 fully saturated rings. The summed E-state index contributed by atoms with van der Waals surface area (Å²) >= 11 is 3.46. The Morgan fingerprint density at radius 2 is 1.11 bits per heavy atom. The monoisotopic (exact) mass is 429 g/mol. The third-order valence-corrected chi connectivity index (χ3v) is 7.01. The van der Waals surface area contributed by atoms with E-state index in [4.69, 9.17) is 0 Å². The Balaban J connectivity index is 1.58. The molecule has 2 atom stereocenters. The number of carbonyl (C=O) groups is 2. The Hall–Kier alpha value is -2.72. The van der Waals surface area contributed by atoms with Gasteiger partial charge in [-0.3, -0.25) is 9.59 Å². The molecule has 2 amide bonds. The van der Waals surface area contributed by atoms with Gasteiger partial charge in [-0.25, -0.2) is 4.90 Å². The van der Waals surface area contributed by atoms with Gasteiger partial charge in [0.1, 0.15) is 0 Å². The Morgan fingerprint density at radius 1 is 0.643 bits per heavy atom. The largest absolute Gasteiger partial charge is 0.274 e. The molecule has 3 aromatic carbocycles. The highest BCUT2D eigenvalue weighted by molar-refractivity contribution is 9.10. The summed E-state index contributed by atoms with van der Waals surface area (Å²) < 4.78 is 0.856. The molecule has 0 spiro atoms. The van der Waals surface area contributed by atoms with E-state index in [0.717, 1.165) is 4.47 Å². The number of benzene rings is 3. The fraction of sp³-hybridized carbons (Fsp3) is 0.167. The molecular weight excluding hydrogens is 414 g/mol. The normalized spacial score (nSPS) is 26.8. The first-order valence-corrected chi connectivity index (χ1v) is 10.3. The van der Waals surface area contributed by atoms with Crippen molar-refractivity contribution in [2.75, 3.05) is 4.90 Å². The molecule has 1 aliphatic heterocycles. The minimum Gasteiger partial charge on any atom is -0.274 e. The van der Waals surface area contributed by atoms with E-state index in [-0.39, 0.29) is 35.5 Å². The second-order valence-electron chi connectivity index (χ2n) is 7.76. The van der Waals surface area contributed by atoms with Gasteiger partial charge in [-0.15, -0.1) is 0 Å². The number of nitrogens with zero attached hydrogens (tertiary/aromatic N) is 1. The standard InChI is InChI=1S/C24H16BrNO2/c25-13-6-5-7-14(12-13)26-23(27)21-19-15-8-1-2-9-16(15)20(22(21)24(26)28)18-11-4-3-10-17(18)19/h1-12,19-22H/t19?,20?,21-,22+. The first-order chi connectivity index (χ1) is 13.7. The number of rotatable bonds is 1. The summed E-state index contributed by atoms with van der Waals surface area (Å²) in [7, 11) is 0. The average Bonchev–Trinajstić information content (AvgIpc) is 2.99. The highest BCUT2D eigenvalue weighted by atomic mass is 79.9. The maximum Gasteiger partial charge on any atom is 0.238 e. The van der Waals surface area contributed by atoms with Crippen molar-refractivity contribution in [3.8, 4) is 0 Å². The quantitative estimate of drug-likeness (QED) is 0.518. The number of hydrogen-bond acceptors (Lipinski definition) is 2. The van der Waals surface area contributed by atoms with Gasteiger partial charge in [0.05, 0.1) is 17.5 Å². The topological polar surface area (TPSA) is 37.4 Å². The van der Waals surface area contributed by atoms with Crippen molar-refractivity contribution < 1.29 is 9.59 Å². The zero-order chi connectivity index (χ0) is 19.0. The molecule has 1 heterocycles. The predicted molar refractivity (Wildman–Crippen MR) is 110 cm³/mol. The second-order valence-corrected chi connectivity index (χ2v) is 8.67. The van der Waals surface area contributed by atoms with Crippen LogP contribution in [0, 0.1) is 11.8 Å². The van der Waals surface area contributed by atoms with E-state index in [1.165, 1.54) is 27.2 Å². The van der Waals surface area contributed by atoms with E-state index in [9.17, 15) is 9.59 Å². The van der Waals surface area contributed by atoms with Crippen LogP contribution in [-0.2, 0) is 9.59 Å². The third-order valence-electron chi connectivity index (χ3n) is 6.51. The van der Waals surface area contributed by atoms with Crippen molar-refractivity contribution >= 4 is 33.4 Å². The number of anilines is 1. The fourth-order valence-corrected chi connectivity index (χ4v) is 5.93. The minimum atomic E-state index is -0.332. The Labute approximate surface area is 171 Å². The Kier molecular flexibility index (Phi) is 3.28. The van der Waals surface area contributed by atoms with Gasteiger partial charge < -0.3 is 0 Å². The molecule has 0 aromatic heterocycles. The number of carbonyl (C=O) groups excluding carboxylic acids is 2. The van der Waals surface area contributed by atoms with Crippen molar-refractivity contribution in [2.24, 2.45) is 11.8 Å². The predicted octanol–water partition coefficient (Wildman–Crippen LogP) is 4.85. The molecule has 3 aliphatic carbocycles. The van der Waals surface area contributed by atoms with Crippen molar-refractivity contribution in [1.82, 2.24) is 0 Å². The number of halogens is 1. The Morgan fingerprint density at radius 3 is 1.54 bits per heavy atom. The molecule has 4 aliphatic rings. The molecule has 2 bridgehead atoms. The lowest BCUT2D eigenvalue weighted by atomic mass is 9.55. The lowest BCUT2D eigenvalue weighted by molar-refractivity contribution is -0.122. The molecule has 3 aromatic rings. The summed E-state index contributed by atoms with van der Waals surface area (Å²) in [6, 6.07) is 24.1. The molecule has 0 N–H and O–H groups in total. The van der Waals surface area contributed by atoms with Crippen LogP contribution in [0.2, 0.25) is 0 Å². The molecule has 0 radical (unpaired) electrons. The zero-order valence-corrected chi connectivity index (χ0v) is 16.5. The molecule has 0 unspecified atom stereocenters. The van der Waals surface area contributed by atoms with Gasteiger partial charge in [0, 0.05) is 16.3 Å². The molecule has 0 saturated carbocycles. The van der Waals surface area contributed by atoms with Crippen LogP contribution in [0.4, 0.5) is 5.69 Å². The van der Waals surface area contributed by atoms with Crippen LogP contribution in [0.15, 0.2) is 77.3 Å². The van der Waals surface area contributed by atoms with Crippen molar-refractivity contribution in [3.63, 3.8) is 0 Å². The lowest BCUT2D eigenvalue weighted by Gasteiger charge is -2.45. The van der Waals surface area contributed by atoms with Gasteiger partial charge in [0.25, 0.3) is 0 Å². The highest BCUT2D eigenvalue weighted by Gasteiger charge is 2.61. The van der Waals surface area contributed by atoms with Crippen molar-refractivity contribution in [1.29, 1.82) is 0 Å². The van der Waals surface area contributed by atoms with Gasteiger partial charge in [0.15, 0.2) is 0 Å². The molecule has 136 valence electrons. The van der Waals surface area contributed by atoms with E-state index < -0.39 is 0 Å². The Bertz CT molecular complexity index is 1060. The van der Waals surface area contributed by atoms with Gasteiger partial charge in [0.2, 0.25) is 11.8 Å². The minimum absolute atomic E-state index is 0.0593. The van der Waals surface area contributed by atoms with Crippen LogP contribution in [-0.4, -0.2) is 11.8 Å². The van der Waals surface area contributed by atoms with Gasteiger partial charge in [-0.05, 0) is 40.5 Å². The zero-order valence-electron chi connectivity index (χ0n) is 14.9. The van der Waals surface area contributed by atoms with E-state index in [1.54, 1.807) is 0 Å².